The van der Waals surface area contributed by atoms with Crippen LogP contribution >= 0.6 is 26.8 Å². The Morgan fingerprint density at radius 1 is 1.15 bits per heavy atom. The third-order valence-electron chi connectivity index (χ3n) is 7.69. The van der Waals surface area contributed by atoms with Gasteiger partial charge in [0, 0.05) is 5.92 Å². The average Bonchev–Trinajstić information content (AvgIpc) is 3.54. The molecule has 212 valence electrons. The fourth-order valence-electron chi connectivity index (χ4n) is 5.03. The fourth-order valence-corrected chi connectivity index (χ4v) is 7.39. The summed E-state index contributed by atoms with van der Waals surface area (Å²) < 4.78 is 30.7. The molecular weight excluding hydrogens is 574 g/mol. The molecule has 6 atom stereocenters. The number of aromatic nitrogens is 5. The van der Waals surface area contributed by atoms with E-state index in [0.29, 0.717) is 11.3 Å². The number of benzene rings is 1. The summed E-state index contributed by atoms with van der Waals surface area (Å²) in [6.45, 7) is 1.32. The van der Waals surface area contributed by atoms with Crippen LogP contribution in [0.3, 0.4) is 0 Å². The van der Waals surface area contributed by atoms with E-state index < -0.39 is 50.9 Å². The van der Waals surface area contributed by atoms with Crippen molar-refractivity contribution in [3.05, 3.63) is 40.7 Å². The van der Waals surface area contributed by atoms with Gasteiger partial charge in [0.15, 0.2) is 21.9 Å². The van der Waals surface area contributed by atoms with Crippen LogP contribution < -0.4 is 5.32 Å². The maximum Gasteiger partial charge on any atom is 0.345 e. The van der Waals surface area contributed by atoms with Crippen LogP contribution in [0.2, 0.25) is 5.28 Å². The Bertz CT molecular complexity index is 1500. The van der Waals surface area contributed by atoms with Crippen LogP contribution in [-0.2, 0) is 20.1 Å². The van der Waals surface area contributed by atoms with Crippen molar-refractivity contribution >= 4 is 43.8 Å². The monoisotopic (exact) mass is 602 g/mol. The van der Waals surface area contributed by atoms with Gasteiger partial charge in [-0.2, -0.15) is 9.97 Å². The van der Waals surface area contributed by atoms with Crippen molar-refractivity contribution in [2.75, 3.05) is 11.9 Å². The highest BCUT2D eigenvalue weighted by Gasteiger charge is 2.55. The first-order chi connectivity index (χ1) is 18.2. The summed E-state index contributed by atoms with van der Waals surface area (Å²) in [7, 11) is -9.82. The van der Waals surface area contributed by atoms with Crippen molar-refractivity contribution in [1.29, 1.82) is 0 Å². The lowest BCUT2D eigenvalue weighted by atomic mass is 10.1. The number of aliphatic hydroxyl groups excluding tert-OH is 2. The van der Waals surface area contributed by atoms with Crippen molar-refractivity contribution in [1.82, 2.24) is 25.0 Å². The molecule has 0 amide bonds. The SMILES string of the molecule is CC(C)(P(=O)(O)O)P(=O)(O)OC[C@H]1C[C@@H](n2nnc3c(N[C@H]4CCc5ccccc54)nc(Cl)nc32)[C@H](O)[C@@H]1O. The highest BCUT2D eigenvalue weighted by molar-refractivity contribution is 7.72. The van der Waals surface area contributed by atoms with Crippen LogP contribution in [0.15, 0.2) is 24.3 Å². The maximum atomic E-state index is 12.6. The minimum Gasteiger partial charge on any atom is -0.390 e. The molecule has 2 aliphatic rings. The van der Waals surface area contributed by atoms with E-state index in [1.165, 1.54) is 10.2 Å². The predicted molar refractivity (Wildman–Crippen MR) is 140 cm³/mol. The minimum absolute atomic E-state index is 0.0208. The number of anilines is 1. The molecule has 1 unspecified atom stereocenters. The molecule has 0 aliphatic heterocycles. The number of rotatable bonds is 8. The molecule has 0 saturated heterocycles. The Morgan fingerprint density at radius 2 is 1.87 bits per heavy atom. The fraction of sp³-hybridized carbons (Fsp3) is 0.545. The number of aliphatic hydroxyl groups is 2. The van der Waals surface area contributed by atoms with E-state index in [4.69, 9.17) is 16.1 Å². The Labute approximate surface area is 228 Å². The molecule has 2 aromatic heterocycles. The van der Waals surface area contributed by atoms with Crippen LogP contribution in [-0.4, -0.2) is 73.6 Å². The average molecular weight is 603 g/mol. The second kappa shape index (κ2) is 10.1. The summed E-state index contributed by atoms with van der Waals surface area (Å²) >= 11 is 6.23. The van der Waals surface area contributed by atoms with Crippen LogP contribution in [0, 0.1) is 5.92 Å². The lowest BCUT2D eigenvalue weighted by Gasteiger charge is -2.30. The molecule has 14 nitrogen and oxygen atoms in total. The van der Waals surface area contributed by atoms with Crippen LogP contribution in [0.4, 0.5) is 5.82 Å². The quantitative estimate of drug-likeness (QED) is 0.162. The smallest absolute Gasteiger partial charge is 0.345 e. The van der Waals surface area contributed by atoms with E-state index in [9.17, 15) is 34.0 Å². The summed E-state index contributed by atoms with van der Waals surface area (Å²) in [4.78, 5) is 35.4. The van der Waals surface area contributed by atoms with Crippen molar-refractivity contribution in [2.24, 2.45) is 5.92 Å². The Hall–Kier alpha value is -1.99. The third kappa shape index (κ3) is 5.03. The summed E-state index contributed by atoms with van der Waals surface area (Å²) in [5, 5.41) is 33.1. The summed E-state index contributed by atoms with van der Waals surface area (Å²) in [6.07, 6.45) is -0.971. The summed E-state index contributed by atoms with van der Waals surface area (Å²) in [5.41, 5.74) is 2.92. The number of hydrogen-bond donors (Lipinski definition) is 6. The summed E-state index contributed by atoms with van der Waals surface area (Å²) in [6, 6.07) is 7.20. The molecule has 17 heteroatoms. The second-order valence-electron chi connectivity index (χ2n) is 10.4. The Balaban J connectivity index is 1.37. The zero-order valence-corrected chi connectivity index (χ0v) is 23.5. The van der Waals surface area contributed by atoms with Gasteiger partial charge in [-0.3, -0.25) is 9.13 Å². The van der Waals surface area contributed by atoms with Crippen LogP contribution in [0.1, 0.15) is 49.9 Å². The van der Waals surface area contributed by atoms with E-state index in [1.54, 1.807) is 0 Å². The molecule has 0 radical (unpaired) electrons. The molecule has 3 aromatic rings. The summed E-state index contributed by atoms with van der Waals surface area (Å²) in [5.74, 6) is -0.492. The number of nitrogens with one attached hydrogen (secondary N) is 1. The molecule has 0 bridgehead atoms. The number of fused-ring (bicyclic) bond motifs is 2. The normalized spacial score (nSPS) is 27.0. The molecule has 0 spiro atoms. The molecule has 6 N–H and O–H groups in total. The van der Waals surface area contributed by atoms with E-state index in [2.05, 4.69) is 31.7 Å². The van der Waals surface area contributed by atoms with Crippen LogP contribution in [0.25, 0.3) is 11.2 Å². The van der Waals surface area contributed by atoms with Gasteiger partial charge in [-0.25, -0.2) is 4.68 Å². The van der Waals surface area contributed by atoms with Crippen molar-refractivity contribution in [3.63, 3.8) is 0 Å². The first kappa shape index (κ1) is 28.5. The number of halogens is 1. The van der Waals surface area contributed by atoms with Crippen LogP contribution in [0.5, 0.6) is 0 Å². The Kier molecular flexibility index (Phi) is 7.41. The zero-order chi connectivity index (χ0) is 28.3. The molecule has 1 aromatic carbocycles. The molecule has 1 fully saturated rings. The van der Waals surface area contributed by atoms with Gasteiger partial charge in [0.05, 0.1) is 24.8 Å². The first-order valence-corrected chi connectivity index (χ1v) is 15.8. The van der Waals surface area contributed by atoms with E-state index >= 15 is 0 Å². The molecule has 5 rings (SSSR count). The lowest BCUT2D eigenvalue weighted by molar-refractivity contribution is -0.00392. The van der Waals surface area contributed by atoms with E-state index in [0.717, 1.165) is 32.3 Å². The first-order valence-electron chi connectivity index (χ1n) is 12.2. The second-order valence-corrected chi connectivity index (χ2v) is 15.7. The largest absolute Gasteiger partial charge is 0.390 e. The minimum atomic E-state index is -5.00. The molecule has 2 aliphatic carbocycles. The number of nitrogens with zero attached hydrogens (tertiary/aromatic N) is 5. The highest BCUT2D eigenvalue weighted by Crippen LogP contribution is 2.71. The van der Waals surface area contributed by atoms with Crippen molar-refractivity contribution < 1.29 is 38.5 Å². The standard InChI is InChI=1S/C22H29ClN6O8P2/c1-22(2,38(32,33)34)39(35,36)37-10-12-9-15(18(31)17(12)30)29-20-16(27-28-29)19(25-21(23)26-20)24-14-8-7-11-5-3-4-6-13(11)14/h3-6,12,14-15,17-18,30-31H,7-10H2,1-2H3,(H,35,36)(H,24,25,26)(H2,32,33,34)/t12-,14+,15-,17-,18+/m1/s1. The number of aryl methyl sites for hydroxylation is 1. The number of hydrogen-bond acceptors (Lipinski definition) is 10. The van der Waals surface area contributed by atoms with Crippen molar-refractivity contribution in [3.8, 4) is 0 Å². The van der Waals surface area contributed by atoms with Gasteiger partial charge < -0.3 is 34.7 Å². The maximum absolute atomic E-state index is 12.6. The zero-order valence-electron chi connectivity index (χ0n) is 21.0. The van der Waals surface area contributed by atoms with E-state index in [1.807, 2.05) is 18.2 Å². The highest BCUT2D eigenvalue weighted by atomic mass is 35.5. The lowest BCUT2D eigenvalue weighted by Crippen LogP contribution is -2.31. The Morgan fingerprint density at radius 3 is 2.59 bits per heavy atom. The topological polar surface area (TPSA) is 213 Å². The van der Waals surface area contributed by atoms with Gasteiger partial charge in [-0.1, -0.05) is 29.5 Å². The molecule has 2 heterocycles. The van der Waals surface area contributed by atoms with Gasteiger partial charge >= 0.3 is 15.2 Å². The molecule has 1 saturated carbocycles. The van der Waals surface area contributed by atoms with E-state index in [-0.39, 0.29) is 23.4 Å². The predicted octanol–water partition coefficient (Wildman–Crippen LogP) is 2.37. The van der Waals surface area contributed by atoms with Gasteiger partial charge in [0.2, 0.25) is 5.28 Å². The molecule has 39 heavy (non-hydrogen) atoms. The van der Waals surface area contributed by atoms with Gasteiger partial charge in [-0.05, 0) is 55.8 Å². The van der Waals surface area contributed by atoms with Gasteiger partial charge in [-0.15, -0.1) is 5.10 Å². The van der Waals surface area contributed by atoms with Crippen molar-refractivity contribution in [2.45, 2.75) is 62.3 Å². The molecular formula is C22H29ClN6O8P2. The van der Waals surface area contributed by atoms with Gasteiger partial charge in [0.1, 0.15) is 6.10 Å². The van der Waals surface area contributed by atoms with Gasteiger partial charge in [0.25, 0.3) is 0 Å². The third-order valence-corrected chi connectivity index (χ3v) is 12.7.